The Morgan fingerprint density at radius 2 is 1.43 bits per heavy atom. The average Bonchev–Trinajstić information content (AvgIpc) is 2.54. The zero-order valence-electron chi connectivity index (χ0n) is 12.2. The number of amides is 1. The first-order valence-corrected chi connectivity index (χ1v) is 7.03. The Morgan fingerprint density at radius 3 is 1.81 bits per heavy atom. The first kappa shape index (κ1) is 15.2. The van der Waals surface area contributed by atoms with Gasteiger partial charge in [0.2, 0.25) is 0 Å². The molecule has 4 heteroatoms. The van der Waals surface area contributed by atoms with Crippen LogP contribution in [-0.2, 0) is 17.9 Å². The number of carbonyl (C=O) groups is 1. The van der Waals surface area contributed by atoms with Gasteiger partial charge in [-0.3, -0.25) is 15.1 Å². The molecule has 0 fully saturated rings. The fraction of sp³-hybridized carbons (Fsp3) is 0.235. The van der Waals surface area contributed by atoms with Gasteiger partial charge < -0.3 is 0 Å². The Bertz CT molecular complexity index is 515. The van der Waals surface area contributed by atoms with Crippen LogP contribution in [0.25, 0.3) is 0 Å². The molecular weight excluding hydrogens is 262 g/mol. The molecule has 0 heterocycles. The molecule has 2 rings (SSSR count). The molecule has 2 aromatic rings. The van der Waals surface area contributed by atoms with Crippen molar-refractivity contribution in [2.75, 3.05) is 0 Å². The number of hydrogen-bond acceptors (Lipinski definition) is 3. The fourth-order valence-corrected chi connectivity index (χ4v) is 2.25. The molecule has 0 spiro atoms. The van der Waals surface area contributed by atoms with Crippen molar-refractivity contribution in [3.05, 3.63) is 71.8 Å². The van der Waals surface area contributed by atoms with E-state index in [1.807, 2.05) is 43.3 Å². The molecule has 1 unspecified atom stereocenters. The van der Waals surface area contributed by atoms with Crippen LogP contribution < -0.4 is 11.3 Å². The lowest BCUT2D eigenvalue weighted by Crippen LogP contribution is -2.46. The van der Waals surface area contributed by atoms with E-state index in [1.54, 1.807) is 0 Å². The highest BCUT2D eigenvalue weighted by Crippen LogP contribution is 2.13. The zero-order chi connectivity index (χ0) is 15.1. The molecule has 110 valence electrons. The molecule has 0 aliphatic rings. The molecule has 4 nitrogen and oxygen atoms in total. The van der Waals surface area contributed by atoms with Gasteiger partial charge in [0, 0.05) is 13.1 Å². The molecule has 0 saturated heterocycles. The lowest BCUT2D eigenvalue weighted by molar-refractivity contribution is -0.126. The van der Waals surface area contributed by atoms with Crippen molar-refractivity contribution in [2.24, 2.45) is 5.84 Å². The summed E-state index contributed by atoms with van der Waals surface area (Å²) in [5, 5.41) is 0. The summed E-state index contributed by atoms with van der Waals surface area (Å²) in [4.78, 5) is 14.0. The third-order valence-electron chi connectivity index (χ3n) is 3.53. The lowest BCUT2D eigenvalue weighted by Gasteiger charge is -2.28. The third-order valence-corrected chi connectivity index (χ3v) is 3.53. The Balaban J connectivity index is 2.15. The van der Waals surface area contributed by atoms with Gasteiger partial charge >= 0.3 is 0 Å². The number of hydrazine groups is 1. The SMILES string of the molecule is CC(C(=O)NN)N(Cc1ccccc1)Cc1ccccc1. The van der Waals surface area contributed by atoms with Gasteiger partial charge in [0.25, 0.3) is 5.91 Å². The van der Waals surface area contributed by atoms with Crippen molar-refractivity contribution in [3.8, 4) is 0 Å². The van der Waals surface area contributed by atoms with Gasteiger partial charge in [-0.1, -0.05) is 60.7 Å². The number of carbonyl (C=O) groups excluding carboxylic acids is 1. The van der Waals surface area contributed by atoms with E-state index in [0.717, 1.165) is 0 Å². The minimum Gasteiger partial charge on any atom is -0.293 e. The number of hydrogen-bond donors (Lipinski definition) is 2. The first-order valence-electron chi connectivity index (χ1n) is 7.03. The van der Waals surface area contributed by atoms with Gasteiger partial charge in [-0.25, -0.2) is 5.84 Å². The van der Waals surface area contributed by atoms with Crippen molar-refractivity contribution in [3.63, 3.8) is 0 Å². The topological polar surface area (TPSA) is 58.4 Å². The summed E-state index contributed by atoms with van der Waals surface area (Å²) < 4.78 is 0. The Labute approximate surface area is 125 Å². The smallest absolute Gasteiger partial charge is 0.250 e. The van der Waals surface area contributed by atoms with Crippen LogP contribution in [0.15, 0.2) is 60.7 Å². The van der Waals surface area contributed by atoms with Crippen molar-refractivity contribution in [1.82, 2.24) is 10.3 Å². The number of nitrogens with two attached hydrogens (primary N) is 1. The predicted octanol–water partition coefficient (Wildman–Crippen LogP) is 2.07. The molecular formula is C17H21N3O. The molecule has 0 saturated carbocycles. The summed E-state index contributed by atoms with van der Waals surface area (Å²) >= 11 is 0. The summed E-state index contributed by atoms with van der Waals surface area (Å²) in [6, 6.07) is 19.9. The Hall–Kier alpha value is -2.17. The standard InChI is InChI=1S/C17H21N3O/c1-14(17(21)19-18)20(12-15-8-4-2-5-9-15)13-16-10-6-3-7-11-16/h2-11,14H,12-13,18H2,1H3,(H,19,21). The van der Waals surface area contributed by atoms with E-state index < -0.39 is 0 Å². The van der Waals surface area contributed by atoms with Gasteiger partial charge in [0.05, 0.1) is 6.04 Å². The number of nitrogens with one attached hydrogen (secondary N) is 1. The van der Waals surface area contributed by atoms with E-state index in [4.69, 9.17) is 5.84 Å². The number of rotatable bonds is 6. The van der Waals surface area contributed by atoms with Gasteiger partial charge in [-0.15, -0.1) is 0 Å². The molecule has 1 amide bonds. The monoisotopic (exact) mass is 283 g/mol. The summed E-state index contributed by atoms with van der Waals surface area (Å²) in [6.07, 6.45) is 0. The van der Waals surface area contributed by atoms with E-state index in [2.05, 4.69) is 34.6 Å². The lowest BCUT2D eigenvalue weighted by atomic mass is 10.1. The molecule has 0 aromatic heterocycles. The molecule has 1 atom stereocenters. The van der Waals surface area contributed by atoms with Crippen LogP contribution >= 0.6 is 0 Å². The maximum atomic E-state index is 11.9. The highest BCUT2D eigenvalue weighted by atomic mass is 16.2. The normalized spacial score (nSPS) is 12.1. The van der Waals surface area contributed by atoms with Crippen molar-refractivity contribution in [1.29, 1.82) is 0 Å². The summed E-state index contributed by atoms with van der Waals surface area (Å²) in [5.41, 5.74) is 4.58. The van der Waals surface area contributed by atoms with Crippen LogP contribution in [0.5, 0.6) is 0 Å². The minimum absolute atomic E-state index is 0.179. The van der Waals surface area contributed by atoms with E-state index in [9.17, 15) is 4.79 Å². The number of nitrogens with zero attached hydrogens (tertiary/aromatic N) is 1. The molecule has 2 aromatic carbocycles. The van der Waals surface area contributed by atoms with Gasteiger partial charge in [-0.05, 0) is 18.1 Å². The predicted molar refractivity (Wildman–Crippen MR) is 83.9 cm³/mol. The van der Waals surface area contributed by atoms with Crippen LogP contribution in [0, 0.1) is 0 Å². The maximum absolute atomic E-state index is 11.9. The zero-order valence-corrected chi connectivity index (χ0v) is 12.2. The average molecular weight is 283 g/mol. The third kappa shape index (κ3) is 4.41. The Morgan fingerprint density at radius 1 is 1.00 bits per heavy atom. The second-order valence-electron chi connectivity index (χ2n) is 5.06. The van der Waals surface area contributed by atoms with E-state index in [-0.39, 0.29) is 11.9 Å². The van der Waals surface area contributed by atoms with E-state index in [0.29, 0.717) is 13.1 Å². The van der Waals surface area contributed by atoms with Gasteiger partial charge in [0.15, 0.2) is 0 Å². The van der Waals surface area contributed by atoms with E-state index in [1.165, 1.54) is 11.1 Å². The second kappa shape index (κ2) is 7.57. The molecule has 0 bridgehead atoms. The summed E-state index contributed by atoms with van der Waals surface area (Å²) in [5.74, 6) is 5.09. The second-order valence-corrected chi connectivity index (χ2v) is 5.06. The molecule has 0 aliphatic heterocycles. The quantitative estimate of drug-likeness (QED) is 0.485. The van der Waals surface area contributed by atoms with Crippen LogP contribution in [0.1, 0.15) is 18.1 Å². The fourth-order valence-electron chi connectivity index (χ4n) is 2.25. The largest absolute Gasteiger partial charge is 0.293 e. The van der Waals surface area contributed by atoms with E-state index >= 15 is 0 Å². The van der Waals surface area contributed by atoms with Crippen LogP contribution in [-0.4, -0.2) is 16.8 Å². The van der Waals surface area contributed by atoms with Gasteiger partial charge in [0.1, 0.15) is 0 Å². The van der Waals surface area contributed by atoms with Crippen molar-refractivity contribution >= 4 is 5.91 Å². The first-order chi connectivity index (χ1) is 10.2. The summed E-state index contributed by atoms with van der Waals surface area (Å²) in [6.45, 7) is 3.27. The van der Waals surface area contributed by atoms with Crippen LogP contribution in [0.4, 0.5) is 0 Å². The van der Waals surface area contributed by atoms with Crippen molar-refractivity contribution in [2.45, 2.75) is 26.1 Å². The van der Waals surface area contributed by atoms with Crippen LogP contribution in [0.3, 0.4) is 0 Å². The van der Waals surface area contributed by atoms with Crippen LogP contribution in [0.2, 0.25) is 0 Å². The number of benzene rings is 2. The minimum atomic E-state index is -0.296. The molecule has 21 heavy (non-hydrogen) atoms. The maximum Gasteiger partial charge on any atom is 0.250 e. The molecule has 0 radical (unpaired) electrons. The highest BCUT2D eigenvalue weighted by molar-refractivity contribution is 5.80. The van der Waals surface area contributed by atoms with Gasteiger partial charge in [-0.2, -0.15) is 0 Å². The highest BCUT2D eigenvalue weighted by Gasteiger charge is 2.20. The Kier molecular flexibility index (Phi) is 5.49. The summed E-state index contributed by atoms with van der Waals surface area (Å²) in [7, 11) is 0. The molecule has 3 N–H and O–H groups in total. The molecule has 0 aliphatic carbocycles. The van der Waals surface area contributed by atoms with Crippen molar-refractivity contribution < 1.29 is 4.79 Å².